The van der Waals surface area contributed by atoms with Crippen LogP contribution in [0, 0.1) is 0 Å². The average molecular weight is 349 g/mol. The third kappa shape index (κ3) is 6.09. The van der Waals surface area contributed by atoms with E-state index >= 15 is 0 Å². The molecule has 1 aromatic heterocycles. The Hall–Kier alpha value is -0.535. The van der Waals surface area contributed by atoms with Crippen LogP contribution in [0.3, 0.4) is 0 Å². The van der Waals surface area contributed by atoms with E-state index in [1.165, 1.54) is 0 Å². The number of nitrogens with one attached hydrogen (secondary N) is 2. The maximum absolute atomic E-state index is 8.68. The molecule has 94 valence electrons. The van der Waals surface area contributed by atoms with E-state index in [2.05, 4.69) is 36.7 Å². The van der Waals surface area contributed by atoms with Gasteiger partial charge in [-0.1, -0.05) is 12.8 Å². The SMILES string of the molecule is OB(O)CCCCCNc1ccncc1NI. The topological polar surface area (TPSA) is 77.4 Å². The Balaban J connectivity index is 2.17. The van der Waals surface area contributed by atoms with Gasteiger partial charge in [0, 0.05) is 12.7 Å². The van der Waals surface area contributed by atoms with E-state index in [-0.39, 0.29) is 0 Å². The van der Waals surface area contributed by atoms with E-state index in [0.717, 1.165) is 37.2 Å². The second kappa shape index (κ2) is 8.54. The lowest BCUT2D eigenvalue weighted by molar-refractivity contribution is 0.402. The normalized spacial score (nSPS) is 10.1. The summed E-state index contributed by atoms with van der Waals surface area (Å²) in [6.07, 6.45) is 6.82. The summed E-state index contributed by atoms with van der Waals surface area (Å²) in [6.45, 7) is 0.872. The molecule has 0 aliphatic rings. The molecule has 0 spiro atoms. The lowest BCUT2D eigenvalue weighted by Gasteiger charge is -2.09. The molecule has 0 aromatic carbocycles. The maximum Gasteiger partial charge on any atom is 0.451 e. The summed E-state index contributed by atoms with van der Waals surface area (Å²) >= 11 is 2.07. The summed E-state index contributed by atoms with van der Waals surface area (Å²) in [5, 5.41) is 20.7. The molecular weight excluding hydrogens is 332 g/mol. The molecule has 0 radical (unpaired) electrons. The van der Waals surface area contributed by atoms with Gasteiger partial charge in [-0.05, 0) is 18.8 Å². The Bertz CT molecular complexity index is 328. The number of nitrogens with zero attached hydrogens (tertiary/aromatic N) is 1. The molecule has 0 saturated heterocycles. The third-order valence-corrected chi connectivity index (χ3v) is 2.96. The number of halogens is 1. The van der Waals surface area contributed by atoms with Gasteiger partial charge < -0.3 is 18.9 Å². The highest BCUT2D eigenvalue weighted by atomic mass is 127. The minimum Gasteiger partial charge on any atom is -0.427 e. The predicted octanol–water partition coefficient (Wildman–Crippen LogP) is 1.90. The molecule has 0 aliphatic heterocycles. The van der Waals surface area contributed by atoms with E-state index in [9.17, 15) is 0 Å². The van der Waals surface area contributed by atoms with Crippen molar-refractivity contribution in [2.75, 3.05) is 15.4 Å². The second-order valence-electron chi connectivity index (χ2n) is 3.77. The molecule has 0 fully saturated rings. The summed E-state index contributed by atoms with van der Waals surface area (Å²) < 4.78 is 3.04. The maximum atomic E-state index is 8.68. The summed E-state index contributed by atoms with van der Waals surface area (Å²) in [6, 6.07) is 1.93. The van der Waals surface area contributed by atoms with E-state index < -0.39 is 7.12 Å². The molecule has 5 nitrogen and oxygen atoms in total. The first kappa shape index (κ1) is 14.5. The monoisotopic (exact) mass is 349 g/mol. The Morgan fingerprint density at radius 2 is 2.06 bits per heavy atom. The molecule has 0 amide bonds. The van der Waals surface area contributed by atoms with Gasteiger partial charge in [-0.3, -0.25) is 4.98 Å². The highest BCUT2D eigenvalue weighted by Crippen LogP contribution is 2.20. The molecule has 1 rings (SSSR count). The number of aromatic nitrogens is 1. The highest BCUT2D eigenvalue weighted by molar-refractivity contribution is 14.1. The molecular formula is C10H17BIN3O2. The van der Waals surface area contributed by atoms with Crippen LogP contribution in [0.4, 0.5) is 11.4 Å². The van der Waals surface area contributed by atoms with Crippen LogP contribution in [0.1, 0.15) is 19.3 Å². The molecule has 17 heavy (non-hydrogen) atoms. The van der Waals surface area contributed by atoms with Crippen LogP contribution in [-0.2, 0) is 0 Å². The first-order valence-electron chi connectivity index (χ1n) is 5.64. The van der Waals surface area contributed by atoms with Crippen molar-refractivity contribution in [1.82, 2.24) is 4.98 Å². The van der Waals surface area contributed by atoms with Crippen molar-refractivity contribution < 1.29 is 10.0 Å². The fourth-order valence-electron chi connectivity index (χ4n) is 1.48. The zero-order chi connectivity index (χ0) is 12.5. The van der Waals surface area contributed by atoms with Crippen LogP contribution in [0.5, 0.6) is 0 Å². The molecule has 0 aliphatic carbocycles. The van der Waals surface area contributed by atoms with Crippen LogP contribution in [0.2, 0.25) is 6.32 Å². The Morgan fingerprint density at radius 1 is 1.24 bits per heavy atom. The van der Waals surface area contributed by atoms with E-state index in [0.29, 0.717) is 6.32 Å². The highest BCUT2D eigenvalue weighted by Gasteiger charge is 2.04. The summed E-state index contributed by atoms with van der Waals surface area (Å²) in [4.78, 5) is 4.03. The summed E-state index contributed by atoms with van der Waals surface area (Å²) in [5.41, 5.74) is 2.01. The Kier molecular flexibility index (Phi) is 7.30. The van der Waals surface area contributed by atoms with Crippen molar-refractivity contribution in [2.45, 2.75) is 25.6 Å². The van der Waals surface area contributed by atoms with Crippen LogP contribution in [0.15, 0.2) is 18.5 Å². The Labute approximate surface area is 116 Å². The number of hydrogen-bond donors (Lipinski definition) is 4. The summed E-state index contributed by atoms with van der Waals surface area (Å²) in [7, 11) is -1.17. The number of hydrogen-bond acceptors (Lipinski definition) is 5. The smallest absolute Gasteiger partial charge is 0.427 e. The van der Waals surface area contributed by atoms with Crippen molar-refractivity contribution >= 4 is 41.4 Å². The zero-order valence-corrected chi connectivity index (χ0v) is 11.7. The average Bonchev–Trinajstić information content (AvgIpc) is 2.33. The molecule has 0 saturated carbocycles. The van der Waals surface area contributed by atoms with Crippen LogP contribution in [-0.4, -0.2) is 28.7 Å². The number of pyridine rings is 1. The van der Waals surface area contributed by atoms with Gasteiger partial charge in [-0.15, -0.1) is 0 Å². The number of unbranched alkanes of at least 4 members (excludes halogenated alkanes) is 2. The van der Waals surface area contributed by atoms with Gasteiger partial charge in [-0.2, -0.15) is 0 Å². The standard InChI is InChI=1S/C10H17BIN3O2/c12-15-10-8-13-7-4-9(10)14-6-3-1-2-5-11(16)17/h4,7-8,15-17H,1-3,5-6H2,(H,13,14). The van der Waals surface area contributed by atoms with Crippen LogP contribution >= 0.6 is 22.9 Å². The molecule has 0 bridgehead atoms. The zero-order valence-electron chi connectivity index (χ0n) is 9.56. The molecule has 4 N–H and O–H groups in total. The predicted molar refractivity (Wildman–Crippen MR) is 79.2 cm³/mol. The van der Waals surface area contributed by atoms with Crippen LogP contribution in [0.25, 0.3) is 0 Å². The van der Waals surface area contributed by atoms with Crippen molar-refractivity contribution in [3.05, 3.63) is 18.5 Å². The van der Waals surface area contributed by atoms with E-state index in [1.54, 1.807) is 12.4 Å². The second-order valence-corrected chi connectivity index (χ2v) is 4.31. The molecule has 0 atom stereocenters. The fraction of sp³-hybridized carbons (Fsp3) is 0.500. The van der Waals surface area contributed by atoms with Gasteiger partial charge in [0.05, 0.1) is 40.4 Å². The lowest BCUT2D eigenvalue weighted by Crippen LogP contribution is -2.10. The van der Waals surface area contributed by atoms with Gasteiger partial charge in [0.1, 0.15) is 0 Å². The largest absolute Gasteiger partial charge is 0.451 e. The number of anilines is 2. The van der Waals surface area contributed by atoms with Crippen LogP contribution < -0.4 is 8.85 Å². The molecule has 7 heteroatoms. The quantitative estimate of drug-likeness (QED) is 0.250. The van der Waals surface area contributed by atoms with Gasteiger partial charge in [-0.25, -0.2) is 0 Å². The van der Waals surface area contributed by atoms with Gasteiger partial charge >= 0.3 is 7.12 Å². The van der Waals surface area contributed by atoms with Gasteiger partial charge in [0.2, 0.25) is 0 Å². The Morgan fingerprint density at radius 3 is 2.76 bits per heavy atom. The van der Waals surface area contributed by atoms with E-state index in [1.807, 2.05) is 6.07 Å². The van der Waals surface area contributed by atoms with Gasteiger partial charge in [0.15, 0.2) is 0 Å². The van der Waals surface area contributed by atoms with E-state index in [4.69, 9.17) is 10.0 Å². The van der Waals surface area contributed by atoms with Crippen molar-refractivity contribution in [1.29, 1.82) is 0 Å². The fourth-order valence-corrected chi connectivity index (χ4v) is 1.91. The first-order chi connectivity index (χ1) is 8.24. The van der Waals surface area contributed by atoms with Crippen molar-refractivity contribution in [3.63, 3.8) is 0 Å². The lowest BCUT2D eigenvalue weighted by atomic mass is 9.83. The summed E-state index contributed by atoms with van der Waals surface area (Å²) in [5.74, 6) is 0. The first-order valence-corrected chi connectivity index (χ1v) is 6.72. The third-order valence-electron chi connectivity index (χ3n) is 2.38. The van der Waals surface area contributed by atoms with Crippen molar-refractivity contribution in [3.8, 4) is 0 Å². The molecule has 0 unspecified atom stereocenters. The molecule has 1 heterocycles. The van der Waals surface area contributed by atoms with Gasteiger partial charge in [0.25, 0.3) is 0 Å². The molecule has 1 aromatic rings. The van der Waals surface area contributed by atoms with Crippen molar-refractivity contribution in [2.24, 2.45) is 0 Å². The minimum atomic E-state index is -1.17. The minimum absolute atomic E-state index is 0.454. The number of rotatable bonds is 8.